The zero-order chi connectivity index (χ0) is 28.0. The zero-order valence-corrected chi connectivity index (χ0v) is 22.3. The van der Waals surface area contributed by atoms with E-state index in [1.807, 2.05) is 30.3 Å². The van der Waals surface area contributed by atoms with Crippen LogP contribution in [0.5, 0.6) is 0 Å². The molecule has 3 N–H and O–H groups in total. The van der Waals surface area contributed by atoms with E-state index in [1.54, 1.807) is 41.3 Å². The van der Waals surface area contributed by atoms with E-state index in [0.29, 0.717) is 52.6 Å². The van der Waals surface area contributed by atoms with Gasteiger partial charge < -0.3 is 19.7 Å². The predicted molar refractivity (Wildman–Crippen MR) is 150 cm³/mol. The molecule has 3 aromatic carbocycles. The Morgan fingerprint density at radius 3 is 2.75 bits per heavy atom. The van der Waals surface area contributed by atoms with Gasteiger partial charge in [0.1, 0.15) is 11.7 Å². The van der Waals surface area contributed by atoms with Gasteiger partial charge in [0.05, 0.1) is 23.3 Å². The molecule has 2 aliphatic rings. The Morgan fingerprint density at radius 1 is 1.18 bits per heavy atom. The average molecular weight is 560 g/mol. The molecule has 2 atom stereocenters. The number of aromatic nitrogens is 2. The molecule has 3 amide bonds. The van der Waals surface area contributed by atoms with Crippen molar-refractivity contribution >= 4 is 52.1 Å². The minimum absolute atomic E-state index is 0.152. The van der Waals surface area contributed by atoms with Gasteiger partial charge in [0.15, 0.2) is 5.60 Å². The van der Waals surface area contributed by atoms with Crippen molar-refractivity contribution < 1.29 is 24.2 Å². The molecule has 0 aliphatic carbocycles. The fourth-order valence-electron chi connectivity index (χ4n) is 5.51. The second kappa shape index (κ2) is 9.87. The number of benzene rings is 3. The number of imidazole rings is 1. The summed E-state index contributed by atoms with van der Waals surface area (Å²) in [5, 5.41) is 12.6. The summed E-state index contributed by atoms with van der Waals surface area (Å²) >= 11 is 6.28. The number of carbonyl (C=O) groups excluding carboxylic acids is 2. The summed E-state index contributed by atoms with van der Waals surface area (Å²) in [6.07, 6.45) is -0.821. The molecule has 11 heteroatoms. The van der Waals surface area contributed by atoms with E-state index in [0.717, 1.165) is 16.0 Å². The van der Waals surface area contributed by atoms with Crippen LogP contribution in [0.1, 0.15) is 29.3 Å². The monoisotopic (exact) mass is 559 g/mol. The van der Waals surface area contributed by atoms with Crippen molar-refractivity contribution in [3.8, 4) is 0 Å². The van der Waals surface area contributed by atoms with Crippen molar-refractivity contribution in [2.45, 2.75) is 24.4 Å². The first-order valence-corrected chi connectivity index (χ1v) is 13.2. The minimum Gasteiger partial charge on any atom is -0.465 e. The third-order valence-corrected chi connectivity index (χ3v) is 7.85. The number of fused-ring (bicyclic) bond motifs is 3. The topological polar surface area (TPSA) is 128 Å². The van der Waals surface area contributed by atoms with Crippen LogP contribution in [0, 0.1) is 0 Å². The van der Waals surface area contributed by atoms with Gasteiger partial charge in [-0.2, -0.15) is 0 Å². The summed E-state index contributed by atoms with van der Waals surface area (Å²) in [6.45, 7) is 0.572. The second-order valence-electron chi connectivity index (χ2n) is 10.1. The molecule has 0 saturated carbocycles. The fourth-order valence-corrected chi connectivity index (χ4v) is 5.68. The molecule has 40 heavy (non-hydrogen) atoms. The SMILES string of the molecule is CN(C(=O)O)c1ccc2[nH]c([C@H](Cc3ccccc3)C(=O)N3CC[C@]4(C3)OC(=O)Nc3ccc(Cl)cc34)nc2c1. The Bertz CT molecular complexity index is 1640. The Labute approximate surface area is 234 Å². The maximum absolute atomic E-state index is 14.2. The number of nitrogens with one attached hydrogen (secondary N) is 2. The molecule has 6 rings (SSSR count). The van der Waals surface area contributed by atoms with E-state index >= 15 is 0 Å². The molecule has 0 radical (unpaired) electrons. The lowest BCUT2D eigenvalue weighted by Crippen LogP contribution is -2.43. The van der Waals surface area contributed by atoms with Gasteiger partial charge in [0.2, 0.25) is 5.91 Å². The molecule has 10 nitrogen and oxygen atoms in total. The third-order valence-electron chi connectivity index (χ3n) is 7.61. The Morgan fingerprint density at radius 2 is 1.98 bits per heavy atom. The molecular formula is C29H26ClN5O5. The number of hydrogen-bond acceptors (Lipinski definition) is 5. The molecule has 0 bridgehead atoms. The van der Waals surface area contributed by atoms with Gasteiger partial charge in [0.25, 0.3) is 0 Å². The number of carboxylic acid groups (broad SMARTS) is 1. The van der Waals surface area contributed by atoms with Crippen LogP contribution >= 0.6 is 11.6 Å². The van der Waals surface area contributed by atoms with Gasteiger partial charge in [-0.25, -0.2) is 14.6 Å². The number of ether oxygens (including phenoxy) is 1. The van der Waals surface area contributed by atoms with Crippen LogP contribution in [0.25, 0.3) is 11.0 Å². The van der Waals surface area contributed by atoms with Gasteiger partial charge in [-0.05, 0) is 48.4 Å². The highest BCUT2D eigenvalue weighted by Gasteiger charge is 2.49. The second-order valence-corrected chi connectivity index (χ2v) is 10.6. The average Bonchev–Trinajstić information content (AvgIpc) is 3.56. The highest BCUT2D eigenvalue weighted by Crippen LogP contribution is 2.44. The maximum Gasteiger partial charge on any atom is 0.412 e. The number of amides is 3. The van der Waals surface area contributed by atoms with Crippen LogP contribution in [0.2, 0.25) is 5.02 Å². The highest BCUT2D eigenvalue weighted by atomic mass is 35.5. The number of H-pyrrole nitrogens is 1. The van der Waals surface area contributed by atoms with Crippen molar-refractivity contribution in [2.75, 3.05) is 30.4 Å². The molecule has 1 saturated heterocycles. The number of carbonyl (C=O) groups is 3. The molecule has 1 aromatic heterocycles. The number of halogens is 1. The van der Waals surface area contributed by atoms with Crippen LogP contribution in [0.15, 0.2) is 66.7 Å². The van der Waals surface area contributed by atoms with Gasteiger partial charge in [-0.15, -0.1) is 0 Å². The Balaban J connectivity index is 1.34. The molecule has 3 heterocycles. The number of rotatable bonds is 5. The summed E-state index contributed by atoms with van der Waals surface area (Å²) in [6, 6.07) is 20.0. The molecule has 1 spiro atoms. The van der Waals surface area contributed by atoms with Gasteiger partial charge in [-0.1, -0.05) is 41.9 Å². The molecule has 204 valence electrons. The summed E-state index contributed by atoms with van der Waals surface area (Å²) in [5.41, 5.74) is 3.04. The quantitative estimate of drug-likeness (QED) is 0.302. The smallest absolute Gasteiger partial charge is 0.412 e. The predicted octanol–water partition coefficient (Wildman–Crippen LogP) is 5.35. The normalized spacial score (nSPS) is 18.8. The molecule has 2 aliphatic heterocycles. The van der Waals surface area contributed by atoms with Crippen LogP contribution in [-0.4, -0.2) is 58.2 Å². The van der Waals surface area contributed by atoms with Gasteiger partial charge >= 0.3 is 12.2 Å². The number of anilines is 2. The lowest BCUT2D eigenvalue weighted by Gasteiger charge is -2.35. The number of hydrogen-bond donors (Lipinski definition) is 3. The number of aromatic amines is 1. The zero-order valence-electron chi connectivity index (χ0n) is 21.6. The molecular weight excluding hydrogens is 534 g/mol. The van der Waals surface area contributed by atoms with Crippen molar-refractivity contribution in [2.24, 2.45) is 0 Å². The van der Waals surface area contributed by atoms with Gasteiger partial charge in [0, 0.05) is 36.3 Å². The number of likely N-dealkylation sites (tertiary alicyclic amines) is 1. The van der Waals surface area contributed by atoms with E-state index in [4.69, 9.17) is 21.3 Å². The first kappa shape index (κ1) is 25.7. The van der Waals surface area contributed by atoms with Crippen molar-refractivity contribution in [3.05, 3.63) is 88.7 Å². The molecule has 4 aromatic rings. The fraction of sp³-hybridized carbons (Fsp3) is 0.241. The Hall–Kier alpha value is -4.57. The summed E-state index contributed by atoms with van der Waals surface area (Å²) in [5.74, 6) is -0.326. The van der Waals surface area contributed by atoms with E-state index < -0.39 is 23.7 Å². The first-order chi connectivity index (χ1) is 19.2. The van der Waals surface area contributed by atoms with Crippen LogP contribution in [0.4, 0.5) is 21.0 Å². The lowest BCUT2D eigenvalue weighted by molar-refractivity contribution is -0.133. The first-order valence-electron chi connectivity index (χ1n) is 12.8. The van der Waals surface area contributed by atoms with Crippen LogP contribution in [0.3, 0.4) is 0 Å². The summed E-state index contributed by atoms with van der Waals surface area (Å²) in [4.78, 5) is 48.9. The third kappa shape index (κ3) is 4.60. The van der Waals surface area contributed by atoms with Gasteiger partial charge in [-0.3, -0.25) is 15.0 Å². The maximum atomic E-state index is 14.2. The summed E-state index contributed by atoms with van der Waals surface area (Å²) in [7, 11) is 1.46. The number of nitrogens with zero attached hydrogens (tertiary/aromatic N) is 3. The van der Waals surface area contributed by atoms with E-state index in [2.05, 4.69) is 10.3 Å². The van der Waals surface area contributed by atoms with E-state index in [-0.39, 0.29) is 12.5 Å². The van der Waals surface area contributed by atoms with Crippen molar-refractivity contribution in [1.82, 2.24) is 14.9 Å². The van der Waals surface area contributed by atoms with Crippen LogP contribution in [-0.2, 0) is 21.6 Å². The summed E-state index contributed by atoms with van der Waals surface area (Å²) < 4.78 is 5.82. The van der Waals surface area contributed by atoms with Crippen LogP contribution < -0.4 is 10.2 Å². The van der Waals surface area contributed by atoms with Crippen molar-refractivity contribution in [1.29, 1.82) is 0 Å². The van der Waals surface area contributed by atoms with E-state index in [9.17, 15) is 19.5 Å². The van der Waals surface area contributed by atoms with Crippen molar-refractivity contribution in [3.63, 3.8) is 0 Å². The lowest BCUT2D eigenvalue weighted by atomic mass is 9.90. The Kier molecular flexibility index (Phi) is 6.34. The standard InChI is InChI=1S/C29H26ClN5O5/c1-34(28(38)39)19-8-10-23-24(15-19)32-25(31-23)20(13-17-5-3-2-4-6-17)26(36)35-12-11-29(16-35)21-14-18(30)7-9-22(21)33-27(37)40-29/h2-10,14-15,20H,11-13,16H2,1H3,(H,31,32)(H,33,37)(H,38,39)/t20-,29+/m0/s1. The highest BCUT2D eigenvalue weighted by molar-refractivity contribution is 6.30. The minimum atomic E-state index is -1.09. The van der Waals surface area contributed by atoms with E-state index in [1.165, 1.54) is 7.05 Å². The molecule has 0 unspecified atom stereocenters. The molecule has 1 fully saturated rings. The largest absolute Gasteiger partial charge is 0.465 e.